The van der Waals surface area contributed by atoms with E-state index in [-0.39, 0.29) is 11.5 Å². The lowest BCUT2D eigenvalue weighted by Gasteiger charge is -2.34. The minimum Gasteiger partial charge on any atom is -0.336 e. The standard InChI is InChI=1S/C21H20FN3OS/c22-18-9-5-4-8-17(18)21(26)25-12-10-24(11-13-25)14-20-23-19(15-27-20)16-6-2-1-3-7-16/h1-9,15H,10-14H2. The van der Waals surface area contributed by atoms with Crippen LogP contribution in [0.2, 0.25) is 0 Å². The SMILES string of the molecule is O=C(c1ccccc1F)N1CCN(Cc2nc(-c3ccccc3)cs2)CC1. The van der Waals surface area contributed by atoms with Gasteiger partial charge < -0.3 is 4.90 Å². The van der Waals surface area contributed by atoms with Crippen molar-refractivity contribution in [3.63, 3.8) is 0 Å². The zero-order chi connectivity index (χ0) is 18.6. The van der Waals surface area contributed by atoms with Crippen molar-refractivity contribution < 1.29 is 9.18 Å². The smallest absolute Gasteiger partial charge is 0.256 e. The maximum absolute atomic E-state index is 13.8. The van der Waals surface area contributed by atoms with Crippen LogP contribution in [-0.4, -0.2) is 46.9 Å². The van der Waals surface area contributed by atoms with Crippen LogP contribution in [0.4, 0.5) is 4.39 Å². The van der Waals surface area contributed by atoms with Crippen molar-refractivity contribution >= 4 is 17.2 Å². The van der Waals surface area contributed by atoms with E-state index in [1.165, 1.54) is 6.07 Å². The van der Waals surface area contributed by atoms with Crippen LogP contribution in [0, 0.1) is 5.82 Å². The number of thiazole rings is 1. The van der Waals surface area contributed by atoms with Gasteiger partial charge in [0, 0.05) is 37.1 Å². The molecule has 0 aliphatic carbocycles. The van der Waals surface area contributed by atoms with Gasteiger partial charge >= 0.3 is 0 Å². The summed E-state index contributed by atoms with van der Waals surface area (Å²) < 4.78 is 13.8. The summed E-state index contributed by atoms with van der Waals surface area (Å²) in [6.07, 6.45) is 0. The Morgan fingerprint density at radius 2 is 1.70 bits per heavy atom. The Morgan fingerprint density at radius 1 is 1.00 bits per heavy atom. The first-order valence-electron chi connectivity index (χ1n) is 8.97. The summed E-state index contributed by atoms with van der Waals surface area (Å²) in [7, 11) is 0. The molecular weight excluding hydrogens is 361 g/mol. The van der Waals surface area contributed by atoms with E-state index in [2.05, 4.69) is 22.4 Å². The van der Waals surface area contributed by atoms with Crippen LogP contribution < -0.4 is 0 Å². The van der Waals surface area contributed by atoms with Gasteiger partial charge in [0.15, 0.2) is 0 Å². The second kappa shape index (κ2) is 7.98. The zero-order valence-electron chi connectivity index (χ0n) is 14.8. The van der Waals surface area contributed by atoms with Crippen molar-refractivity contribution in [3.8, 4) is 11.3 Å². The average Bonchev–Trinajstić information content (AvgIpc) is 3.18. The molecule has 0 saturated carbocycles. The molecular formula is C21H20FN3OS. The average molecular weight is 381 g/mol. The third kappa shape index (κ3) is 4.07. The van der Waals surface area contributed by atoms with Gasteiger partial charge in [-0.15, -0.1) is 11.3 Å². The van der Waals surface area contributed by atoms with E-state index in [0.29, 0.717) is 13.1 Å². The van der Waals surface area contributed by atoms with Crippen LogP contribution in [-0.2, 0) is 6.54 Å². The first-order chi connectivity index (χ1) is 13.2. The summed E-state index contributed by atoms with van der Waals surface area (Å²) in [6.45, 7) is 3.51. The topological polar surface area (TPSA) is 36.4 Å². The van der Waals surface area contributed by atoms with Crippen LogP contribution in [0.5, 0.6) is 0 Å². The molecule has 1 amide bonds. The van der Waals surface area contributed by atoms with E-state index in [1.807, 2.05) is 18.2 Å². The number of hydrogen-bond acceptors (Lipinski definition) is 4. The van der Waals surface area contributed by atoms with E-state index >= 15 is 0 Å². The first kappa shape index (κ1) is 17.8. The molecule has 0 radical (unpaired) electrons. The number of hydrogen-bond donors (Lipinski definition) is 0. The highest BCUT2D eigenvalue weighted by Crippen LogP contribution is 2.23. The lowest BCUT2D eigenvalue weighted by molar-refractivity contribution is 0.0624. The van der Waals surface area contributed by atoms with Crippen LogP contribution in [0.25, 0.3) is 11.3 Å². The number of halogens is 1. The fraction of sp³-hybridized carbons (Fsp3) is 0.238. The van der Waals surface area contributed by atoms with Crippen LogP contribution >= 0.6 is 11.3 Å². The van der Waals surface area contributed by atoms with Gasteiger partial charge in [-0.05, 0) is 12.1 Å². The number of carbonyl (C=O) groups is 1. The number of rotatable bonds is 4. The van der Waals surface area contributed by atoms with Crippen LogP contribution in [0.1, 0.15) is 15.4 Å². The van der Waals surface area contributed by atoms with Crippen LogP contribution in [0.3, 0.4) is 0 Å². The van der Waals surface area contributed by atoms with Crippen molar-refractivity contribution in [2.75, 3.05) is 26.2 Å². The Kier molecular flexibility index (Phi) is 5.27. The Bertz CT molecular complexity index is 920. The Morgan fingerprint density at radius 3 is 2.44 bits per heavy atom. The molecule has 0 bridgehead atoms. The second-order valence-electron chi connectivity index (χ2n) is 6.54. The van der Waals surface area contributed by atoms with Gasteiger partial charge in [-0.2, -0.15) is 0 Å². The number of amides is 1. The minimum absolute atomic E-state index is 0.151. The normalized spacial score (nSPS) is 15.1. The number of nitrogens with zero attached hydrogens (tertiary/aromatic N) is 3. The van der Waals surface area contributed by atoms with Gasteiger partial charge in [0.1, 0.15) is 10.8 Å². The summed E-state index contributed by atoms with van der Waals surface area (Å²) in [6, 6.07) is 16.3. The quantitative estimate of drug-likeness (QED) is 0.688. The molecule has 0 N–H and O–H groups in total. The Balaban J connectivity index is 1.34. The predicted octanol–water partition coefficient (Wildman–Crippen LogP) is 3.91. The monoisotopic (exact) mass is 381 g/mol. The van der Waals surface area contributed by atoms with E-state index in [1.54, 1.807) is 34.4 Å². The molecule has 1 fully saturated rings. The molecule has 1 saturated heterocycles. The molecule has 6 heteroatoms. The molecule has 0 unspecified atom stereocenters. The molecule has 138 valence electrons. The highest BCUT2D eigenvalue weighted by molar-refractivity contribution is 7.09. The van der Waals surface area contributed by atoms with Gasteiger partial charge in [0.25, 0.3) is 5.91 Å². The molecule has 27 heavy (non-hydrogen) atoms. The molecule has 2 aromatic carbocycles. The summed E-state index contributed by atoms with van der Waals surface area (Å²) >= 11 is 1.66. The third-order valence-electron chi connectivity index (χ3n) is 4.74. The fourth-order valence-corrected chi connectivity index (χ4v) is 4.07. The lowest BCUT2D eigenvalue weighted by atomic mass is 10.1. The Labute approximate surface area is 161 Å². The largest absolute Gasteiger partial charge is 0.336 e. The van der Waals surface area contributed by atoms with Crippen molar-refractivity contribution in [2.45, 2.75) is 6.54 Å². The first-order valence-corrected chi connectivity index (χ1v) is 9.84. The van der Waals surface area contributed by atoms with Crippen molar-refractivity contribution in [3.05, 3.63) is 76.4 Å². The summed E-state index contributed by atoms with van der Waals surface area (Å²) in [4.78, 5) is 21.3. The highest BCUT2D eigenvalue weighted by Gasteiger charge is 2.24. The lowest BCUT2D eigenvalue weighted by Crippen LogP contribution is -2.48. The van der Waals surface area contributed by atoms with E-state index in [0.717, 1.165) is 35.9 Å². The van der Waals surface area contributed by atoms with Crippen molar-refractivity contribution in [1.29, 1.82) is 0 Å². The van der Waals surface area contributed by atoms with Gasteiger partial charge in [0.05, 0.1) is 17.8 Å². The number of carbonyl (C=O) groups excluding carboxylic acids is 1. The van der Waals surface area contributed by atoms with Gasteiger partial charge in [-0.1, -0.05) is 42.5 Å². The molecule has 2 heterocycles. The van der Waals surface area contributed by atoms with Gasteiger partial charge in [-0.25, -0.2) is 9.37 Å². The van der Waals surface area contributed by atoms with E-state index in [9.17, 15) is 9.18 Å². The number of piperazine rings is 1. The van der Waals surface area contributed by atoms with E-state index in [4.69, 9.17) is 4.98 Å². The molecule has 3 aromatic rings. The van der Waals surface area contributed by atoms with Gasteiger partial charge in [0.2, 0.25) is 0 Å². The van der Waals surface area contributed by atoms with Crippen molar-refractivity contribution in [2.24, 2.45) is 0 Å². The molecule has 1 aliphatic heterocycles. The van der Waals surface area contributed by atoms with Crippen molar-refractivity contribution in [1.82, 2.24) is 14.8 Å². The zero-order valence-corrected chi connectivity index (χ0v) is 15.7. The molecule has 0 spiro atoms. The van der Waals surface area contributed by atoms with Gasteiger partial charge in [-0.3, -0.25) is 9.69 Å². The highest BCUT2D eigenvalue weighted by atomic mass is 32.1. The maximum atomic E-state index is 13.8. The summed E-state index contributed by atoms with van der Waals surface area (Å²) in [5.74, 6) is -0.686. The maximum Gasteiger partial charge on any atom is 0.256 e. The summed E-state index contributed by atoms with van der Waals surface area (Å²) in [5, 5.41) is 3.16. The molecule has 1 aromatic heterocycles. The molecule has 4 rings (SSSR count). The fourth-order valence-electron chi connectivity index (χ4n) is 3.23. The second-order valence-corrected chi connectivity index (χ2v) is 7.48. The van der Waals surface area contributed by atoms with E-state index < -0.39 is 5.82 Å². The van der Waals surface area contributed by atoms with Crippen LogP contribution in [0.15, 0.2) is 60.0 Å². The molecule has 0 atom stereocenters. The molecule has 1 aliphatic rings. The Hall–Kier alpha value is -2.57. The minimum atomic E-state index is -0.457. The number of aromatic nitrogens is 1. The predicted molar refractivity (Wildman–Crippen MR) is 105 cm³/mol. The molecule has 4 nitrogen and oxygen atoms in total. The summed E-state index contributed by atoms with van der Waals surface area (Å²) in [5.41, 5.74) is 2.28. The number of benzene rings is 2. The third-order valence-corrected chi connectivity index (χ3v) is 5.58.